The minimum atomic E-state index is 0.489. The highest BCUT2D eigenvalue weighted by atomic mass is 35.5. The lowest BCUT2D eigenvalue weighted by Crippen LogP contribution is -2.04. The van der Waals surface area contributed by atoms with Gasteiger partial charge in [-0.2, -0.15) is 4.98 Å². The van der Waals surface area contributed by atoms with Crippen LogP contribution in [0.2, 0.25) is 5.15 Å². The number of hydrogen-bond donors (Lipinski definition) is 0. The van der Waals surface area contributed by atoms with Gasteiger partial charge in [0.05, 0.1) is 6.61 Å². The molecule has 0 spiro atoms. The van der Waals surface area contributed by atoms with Gasteiger partial charge < -0.3 is 4.74 Å². The van der Waals surface area contributed by atoms with Gasteiger partial charge in [0.2, 0.25) is 5.88 Å². The van der Waals surface area contributed by atoms with Crippen LogP contribution < -0.4 is 4.74 Å². The van der Waals surface area contributed by atoms with E-state index in [-0.39, 0.29) is 0 Å². The summed E-state index contributed by atoms with van der Waals surface area (Å²) in [4.78, 5) is 8.27. The van der Waals surface area contributed by atoms with Gasteiger partial charge in [0.1, 0.15) is 11.0 Å². The molecule has 0 aromatic carbocycles. The first-order valence-electron chi connectivity index (χ1n) is 4.80. The van der Waals surface area contributed by atoms with Crippen molar-refractivity contribution < 1.29 is 4.74 Å². The van der Waals surface area contributed by atoms with E-state index in [4.69, 9.17) is 16.3 Å². The van der Waals surface area contributed by atoms with Gasteiger partial charge in [0, 0.05) is 5.56 Å². The van der Waals surface area contributed by atoms with Crippen LogP contribution in [0.25, 0.3) is 0 Å². The van der Waals surface area contributed by atoms with Gasteiger partial charge in [-0.15, -0.1) is 0 Å². The third kappa shape index (κ3) is 2.15. The standard InChI is InChI=1S/C10H13ClN2O/c1-6-9(11)12-7(2)13-10(6)14-5-8-3-4-8/h8H,3-5H2,1-2H3. The highest BCUT2D eigenvalue weighted by molar-refractivity contribution is 6.30. The first-order chi connectivity index (χ1) is 6.66. The van der Waals surface area contributed by atoms with Crippen LogP contribution in [0, 0.1) is 19.8 Å². The number of halogens is 1. The van der Waals surface area contributed by atoms with E-state index in [0.29, 0.717) is 16.9 Å². The average molecular weight is 213 g/mol. The lowest BCUT2D eigenvalue weighted by atomic mass is 10.3. The number of hydrogen-bond acceptors (Lipinski definition) is 3. The van der Waals surface area contributed by atoms with Gasteiger partial charge in [-0.05, 0) is 32.6 Å². The van der Waals surface area contributed by atoms with E-state index in [0.717, 1.165) is 18.1 Å². The maximum atomic E-state index is 5.92. The topological polar surface area (TPSA) is 35.0 Å². The zero-order chi connectivity index (χ0) is 10.1. The molecule has 0 bridgehead atoms. The maximum absolute atomic E-state index is 5.92. The van der Waals surface area contributed by atoms with Crippen molar-refractivity contribution in [2.24, 2.45) is 5.92 Å². The molecule has 1 aliphatic carbocycles. The first kappa shape index (κ1) is 9.71. The second-order valence-corrected chi connectivity index (χ2v) is 4.10. The van der Waals surface area contributed by atoms with E-state index in [9.17, 15) is 0 Å². The van der Waals surface area contributed by atoms with Gasteiger partial charge in [0.15, 0.2) is 0 Å². The van der Waals surface area contributed by atoms with Gasteiger partial charge >= 0.3 is 0 Å². The van der Waals surface area contributed by atoms with Gasteiger partial charge in [-0.3, -0.25) is 0 Å². The third-order valence-electron chi connectivity index (χ3n) is 2.31. The molecule has 1 aromatic heterocycles. The van der Waals surface area contributed by atoms with Crippen molar-refractivity contribution in [2.75, 3.05) is 6.61 Å². The first-order valence-corrected chi connectivity index (χ1v) is 5.18. The summed E-state index contributed by atoms with van der Waals surface area (Å²) in [5.41, 5.74) is 0.831. The smallest absolute Gasteiger partial charge is 0.221 e. The third-order valence-corrected chi connectivity index (χ3v) is 2.67. The largest absolute Gasteiger partial charge is 0.477 e. The van der Waals surface area contributed by atoms with Crippen LogP contribution in [0.3, 0.4) is 0 Å². The van der Waals surface area contributed by atoms with Crippen LogP contribution in [0.4, 0.5) is 0 Å². The van der Waals surface area contributed by atoms with E-state index in [1.807, 2.05) is 13.8 Å². The minimum Gasteiger partial charge on any atom is -0.477 e. The molecule has 14 heavy (non-hydrogen) atoms. The molecule has 3 nitrogen and oxygen atoms in total. The number of aryl methyl sites for hydroxylation is 1. The molecular weight excluding hydrogens is 200 g/mol. The molecule has 0 aliphatic heterocycles. The van der Waals surface area contributed by atoms with Crippen LogP contribution >= 0.6 is 11.6 Å². The Morgan fingerprint density at radius 2 is 2.07 bits per heavy atom. The molecule has 76 valence electrons. The molecule has 0 radical (unpaired) electrons. The van der Waals surface area contributed by atoms with E-state index in [1.165, 1.54) is 12.8 Å². The fourth-order valence-electron chi connectivity index (χ4n) is 1.19. The fraction of sp³-hybridized carbons (Fsp3) is 0.600. The summed E-state index contributed by atoms with van der Waals surface area (Å²) in [7, 11) is 0. The van der Waals surface area contributed by atoms with E-state index in [1.54, 1.807) is 0 Å². The summed E-state index contributed by atoms with van der Waals surface area (Å²) in [6.45, 7) is 4.45. The molecule has 1 saturated carbocycles. The van der Waals surface area contributed by atoms with Crippen molar-refractivity contribution >= 4 is 11.6 Å². The molecule has 1 aromatic rings. The summed E-state index contributed by atoms with van der Waals surface area (Å²) < 4.78 is 5.59. The Morgan fingerprint density at radius 1 is 1.36 bits per heavy atom. The Labute approximate surface area is 88.5 Å². The lowest BCUT2D eigenvalue weighted by Gasteiger charge is -2.08. The van der Waals surface area contributed by atoms with E-state index >= 15 is 0 Å². The van der Waals surface area contributed by atoms with Crippen molar-refractivity contribution in [3.63, 3.8) is 0 Å². The Hall–Kier alpha value is -0.830. The number of nitrogens with zero attached hydrogens (tertiary/aromatic N) is 2. The number of rotatable bonds is 3. The Morgan fingerprint density at radius 3 is 2.71 bits per heavy atom. The minimum absolute atomic E-state index is 0.489. The highest BCUT2D eigenvalue weighted by Crippen LogP contribution is 2.30. The van der Waals surface area contributed by atoms with Crippen LogP contribution in [0.5, 0.6) is 5.88 Å². The van der Waals surface area contributed by atoms with Crippen molar-refractivity contribution in [3.05, 3.63) is 16.5 Å². The van der Waals surface area contributed by atoms with Crippen molar-refractivity contribution in [1.82, 2.24) is 9.97 Å². The summed E-state index contributed by atoms with van der Waals surface area (Å²) in [5.74, 6) is 2.02. The van der Waals surface area contributed by atoms with Crippen LogP contribution in [0.1, 0.15) is 24.2 Å². The molecule has 0 saturated heterocycles. The molecule has 0 atom stereocenters. The number of ether oxygens (including phenoxy) is 1. The van der Waals surface area contributed by atoms with Gasteiger partial charge in [0.25, 0.3) is 0 Å². The normalized spacial score (nSPS) is 15.6. The number of aromatic nitrogens is 2. The van der Waals surface area contributed by atoms with Crippen molar-refractivity contribution in [2.45, 2.75) is 26.7 Å². The summed E-state index contributed by atoms with van der Waals surface area (Å²) in [5, 5.41) is 0.489. The van der Waals surface area contributed by atoms with Crippen molar-refractivity contribution in [3.8, 4) is 5.88 Å². The van der Waals surface area contributed by atoms with E-state index < -0.39 is 0 Å². The average Bonchev–Trinajstić information content (AvgIpc) is 2.92. The molecule has 1 heterocycles. The molecule has 0 amide bonds. The Bertz CT molecular complexity index is 350. The molecule has 0 N–H and O–H groups in total. The zero-order valence-electron chi connectivity index (χ0n) is 8.38. The summed E-state index contributed by atoms with van der Waals surface area (Å²) >= 11 is 5.92. The molecule has 2 rings (SSSR count). The highest BCUT2D eigenvalue weighted by Gasteiger charge is 2.22. The van der Waals surface area contributed by atoms with Crippen LogP contribution in [-0.2, 0) is 0 Å². The fourth-order valence-corrected chi connectivity index (χ4v) is 1.39. The summed E-state index contributed by atoms with van der Waals surface area (Å²) in [6, 6.07) is 0. The molecule has 1 fully saturated rings. The van der Waals surface area contributed by atoms with Crippen molar-refractivity contribution in [1.29, 1.82) is 0 Å². The van der Waals surface area contributed by atoms with Gasteiger partial charge in [-0.1, -0.05) is 11.6 Å². The van der Waals surface area contributed by atoms with Crippen LogP contribution in [-0.4, -0.2) is 16.6 Å². The predicted octanol–water partition coefficient (Wildman–Crippen LogP) is 2.54. The molecular formula is C10H13ClN2O. The lowest BCUT2D eigenvalue weighted by molar-refractivity contribution is 0.285. The zero-order valence-corrected chi connectivity index (χ0v) is 9.14. The maximum Gasteiger partial charge on any atom is 0.221 e. The molecule has 4 heteroatoms. The Balaban J connectivity index is 2.13. The van der Waals surface area contributed by atoms with Crippen LogP contribution in [0.15, 0.2) is 0 Å². The van der Waals surface area contributed by atoms with E-state index in [2.05, 4.69) is 9.97 Å². The SMILES string of the molecule is Cc1nc(Cl)c(C)c(OCC2CC2)n1. The molecule has 0 unspecified atom stereocenters. The second-order valence-electron chi connectivity index (χ2n) is 3.75. The summed E-state index contributed by atoms with van der Waals surface area (Å²) in [6.07, 6.45) is 2.55. The second kappa shape index (κ2) is 3.73. The predicted molar refractivity (Wildman–Crippen MR) is 54.7 cm³/mol. The van der Waals surface area contributed by atoms with Gasteiger partial charge in [-0.25, -0.2) is 4.98 Å². The molecule has 1 aliphatic rings. The quantitative estimate of drug-likeness (QED) is 0.723. The monoisotopic (exact) mass is 212 g/mol. The Kier molecular flexibility index (Phi) is 2.59.